The summed E-state index contributed by atoms with van der Waals surface area (Å²) in [5.41, 5.74) is 5.64. The first-order valence-electron chi connectivity index (χ1n) is 11.5. The van der Waals surface area contributed by atoms with E-state index < -0.39 is 11.9 Å². The number of piperidine rings is 1. The lowest BCUT2D eigenvalue weighted by Gasteiger charge is -2.29. The number of benzene rings is 1. The maximum Gasteiger partial charge on any atom is 0.255 e. The van der Waals surface area contributed by atoms with Gasteiger partial charge in [0.05, 0.1) is 17.5 Å². The zero-order valence-corrected chi connectivity index (χ0v) is 18.3. The summed E-state index contributed by atoms with van der Waals surface area (Å²) >= 11 is 0. The number of carbonyl (C=O) groups is 3. The minimum absolute atomic E-state index is 0.159. The monoisotopic (exact) mass is 443 g/mol. The molecule has 3 amide bonds. The average Bonchev–Trinajstić information content (AvgIpc) is 3.53. The maximum absolute atomic E-state index is 13.0. The smallest absolute Gasteiger partial charge is 0.255 e. The Morgan fingerprint density at radius 2 is 1.91 bits per heavy atom. The second-order valence-corrected chi connectivity index (χ2v) is 9.18. The van der Waals surface area contributed by atoms with Gasteiger partial charge in [0, 0.05) is 36.8 Å². The van der Waals surface area contributed by atoms with Crippen molar-refractivity contribution in [3.8, 4) is 11.3 Å². The molecule has 0 radical (unpaired) electrons. The Hall–Kier alpha value is -3.52. The summed E-state index contributed by atoms with van der Waals surface area (Å²) in [5, 5.41) is 2.35. The van der Waals surface area contributed by atoms with Crippen LogP contribution in [0.4, 0.5) is 0 Å². The van der Waals surface area contributed by atoms with E-state index in [0.717, 1.165) is 42.0 Å². The number of rotatable bonds is 4. The van der Waals surface area contributed by atoms with Crippen molar-refractivity contribution < 1.29 is 14.4 Å². The average molecular weight is 444 g/mol. The van der Waals surface area contributed by atoms with Gasteiger partial charge in [0.15, 0.2) is 0 Å². The van der Waals surface area contributed by atoms with Gasteiger partial charge >= 0.3 is 0 Å². The number of hydrogen-bond acceptors (Lipinski definition) is 5. The van der Waals surface area contributed by atoms with E-state index in [0.29, 0.717) is 18.5 Å². The molecule has 1 aromatic carbocycles. The van der Waals surface area contributed by atoms with E-state index in [-0.39, 0.29) is 18.2 Å². The number of pyridine rings is 1. The maximum atomic E-state index is 13.0. The second-order valence-electron chi connectivity index (χ2n) is 9.18. The van der Waals surface area contributed by atoms with Crippen LogP contribution >= 0.6 is 0 Å². The molecular formula is C25H25N5O3. The molecule has 1 unspecified atom stereocenters. The van der Waals surface area contributed by atoms with Crippen LogP contribution in [0.2, 0.25) is 0 Å². The number of likely N-dealkylation sites (tertiary alicyclic amines) is 1. The van der Waals surface area contributed by atoms with Crippen LogP contribution in [-0.2, 0) is 22.7 Å². The van der Waals surface area contributed by atoms with Crippen molar-refractivity contribution in [3.63, 3.8) is 0 Å². The van der Waals surface area contributed by atoms with E-state index in [1.54, 1.807) is 4.90 Å². The number of fused-ring (bicyclic) bond motifs is 2. The minimum Gasteiger partial charge on any atom is -0.322 e. The van der Waals surface area contributed by atoms with Crippen molar-refractivity contribution in [1.29, 1.82) is 0 Å². The van der Waals surface area contributed by atoms with Gasteiger partial charge in [-0.15, -0.1) is 0 Å². The summed E-state index contributed by atoms with van der Waals surface area (Å²) in [4.78, 5) is 45.5. The summed E-state index contributed by atoms with van der Waals surface area (Å²) in [5.74, 6) is -0.828. The Kier molecular flexibility index (Phi) is 4.76. The molecule has 8 heteroatoms. The molecular weight excluding hydrogens is 418 g/mol. The Balaban J connectivity index is 1.29. The third-order valence-corrected chi connectivity index (χ3v) is 7.01. The highest BCUT2D eigenvalue weighted by Gasteiger charge is 2.39. The molecule has 1 atom stereocenters. The number of imide groups is 1. The van der Waals surface area contributed by atoms with Crippen molar-refractivity contribution >= 4 is 23.2 Å². The van der Waals surface area contributed by atoms with Gasteiger partial charge in [-0.3, -0.25) is 24.6 Å². The standard InChI is InChI=1S/C25H25N5O3/c31-22-6-5-20(24(32)27-22)30-14-18-12-17(3-4-19(18)25(30)33)23-21-11-16(7-10-29(21)15-26-23)13-28-8-1-2-9-28/h3-4,7,10-12,15,20H,1-2,5-6,8-9,13-14H2,(H,27,31,32). The number of imidazole rings is 1. The molecule has 3 aromatic rings. The van der Waals surface area contributed by atoms with Gasteiger partial charge in [0.2, 0.25) is 11.8 Å². The lowest BCUT2D eigenvalue weighted by Crippen LogP contribution is -2.52. The fourth-order valence-corrected chi connectivity index (χ4v) is 5.27. The van der Waals surface area contributed by atoms with Crippen molar-refractivity contribution in [3.05, 3.63) is 59.5 Å². The molecule has 168 valence electrons. The van der Waals surface area contributed by atoms with Gasteiger partial charge in [-0.25, -0.2) is 4.98 Å². The summed E-state index contributed by atoms with van der Waals surface area (Å²) in [6.07, 6.45) is 7.02. The topological polar surface area (TPSA) is 87.0 Å². The second kappa shape index (κ2) is 7.81. The number of nitrogens with one attached hydrogen (secondary N) is 1. The number of hydrogen-bond donors (Lipinski definition) is 1. The third-order valence-electron chi connectivity index (χ3n) is 7.01. The summed E-state index contributed by atoms with van der Waals surface area (Å²) in [6, 6.07) is 9.52. The van der Waals surface area contributed by atoms with Crippen LogP contribution in [0.1, 0.15) is 47.2 Å². The lowest BCUT2D eigenvalue weighted by molar-refractivity contribution is -0.136. The summed E-state index contributed by atoms with van der Waals surface area (Å²) in [6.45, 7) is 3.61. The van der Waals surface area contributed by atoms with E-state index in [9.17, 15) is 14.4 Å². The van der Waals surface area contributed by atoms with Crippen LogP contribution in [-0.4, -0.2) is 56.0 Å². The van der Waals surface area contributed by atoms with E-state index in [4.69, 9.17) is 0 Å². The summed E-state index contributed by atoms with van der Waals surface area (Å²) < 4.78 is 2.02. The molecule has 1 N–H and O–H groups in total. The lowest BCUT2D eigenvalue weighted by atomic mass is 10.0. The highest BCUT2D eigenvalue weighted by molar-refractivity contribution is 6.05. The molecule has 0 bridgehead atoms. The molecule has 3 aliphatic rings. The zero-order chi connectivity index (χ0) is 22.5. The molecule has 3 aliphatic heterocycles. The van der Waals surface area contributed by atoms with Gasteiger partial charge in [-0.2, -0.15) is 0 Å². The van der Waals surface area contributed by atoms with Crippen molar-refractivity contribution in [2.24, 2.45) is 0 Å². The van der Waals surface area contributed by atoms with Gasteiger partial charge < -0.3 is 9.30 Å². The van der Waals surface area contributed by atoms with E-state index in [1.165, 1.54) is 18.4 Å². The fraction of sp³-hybridized carbons (Fsp3) is 0.360. The molecule has 33 heavy (non-hydrogen) atoms. The first-order chi connectivity index (χ1) is 16.1. The first-order valence-corrected chi connectivity index (χ1v) is 11.5. The zero-order valence-electron chi connectivity index (χ0n) is 18.3. The molecule has 0 spiro atoms. The molecule has 5 heterocycles. The van der Waals surface area contributed by atoms with Gasteiger partial charge in [-0.1, -0.05) is 6.07 Å². The van der Waals surface area contributed by atoms with Crippen LogP contribution in [0.15, 0.2) is 42.9 Å². The van der Waals surface area contributed by atoms with E-state index in [1.807, 2.05) is 28.9 Å². The molecule has 2 aromatic heterocycles. The fourth-order valence-electron chi connectivity index (χ4n) is 5.27. The minimum atomic E-state index is -0.604. The van der Waals surface area contributed by atoms with Gasteiger partial charge in [0.1, 0.15) is 6.04 Å². The quantitative estimate of drug-likeness (QED) is 0.626. The van der Waals surface area contributed by atoms with Crippen molar-refractivity contribution in [2.45, 2.75) is 44.8 Å². The third kappa shape index (κ3) is 3.51. The van der Waals surface area contributed by atoms with Crippen LogP contribution in [0.5, 0.6) is 0 Å². The predicted molar refractivity (Wildman–Crippen MR) is 121 cm³/mol. The van der Waals surface area contributed by atoms with Gasteiger partial charge in [-0.05, 0) is 67.7 Å². The van der Waals surface area contributed by atoms with E-state index >= 15 is 0 Å². The molecule has 0 saturated carbocycles. The van der Waals surface area contributed by atoms with Gasteiger partial charge in [0.25, 0.3) is 5.91 Å². The Morgan fingerprint density at radius 1 is 1.06 bits per heavy atom. The largest absolute Gasteiger partial charge is 0.322 e. The highest BCUT2D eigenvalue weighted by Crippen LogP contribution is 2.32. The Labute approximate surface area is 191 Å². The van der Waals surface area contributed by atoms with Crippen LogP contribution in [0.3, 0.4) is 0 Å². The van der Waals surface area contributed by atoms with E-state index in [2.05, 4.69) is 33.5 Å². The van der Waals surface area contributed by atoms with Crippen LogP contribution < -0.4 is 5.32 Å². The molecule has 0 aliphatic carbocycles. The number of carbonyl (C=O) groups excluding carboxylic acids is 3. The number of aromatic nitrogens is 2. The number of amides is 3. The highest BCUT2D eigenvalue weighted by atomic mass is 16.2. The predicted octanol–water partition coefficient (Wildman–Crippen LogP) is 2.36. The molecule has 8 nitrogen and oxygen atoms in total. The first kappa shape index (κ1) is 20.1. The van der Waals surface area contributed by atoms with Crippen LogP contribution in [0, 0.1) is 0 Å². The number of nitrogens with zero attached hydrogens (tertiary/aromatic N) is 4. The molecule has 2 fully saturated rings. The van der Waals surface area contributed by atoms with Crippen molar-refractivity contribution in [1.82, 2.24) is 24.5 Å². The SMILES string of the molecule is O=C1CCC(N2Cc3cc(-c4ncn5ccc(CN6CCCC6)cc45)ccc3C2=O)C(=O)N1. The molecule has 6 rings (SSSR count). The Morgan fingerprint density at radius 3 is 2.73 bits per heavy atom. The van der Waals surface area contributed by atoms with Crippen LogP contribution in [0.25, 0.3) is 16.8 Å². The Bertz CT molecular complexity index is 1290. The normalized spacial score (nSPS) is 21.2. The summed E-state index contributed by atoms with van der Waals surface area (Å²) in [7, 11) is 0. The molecule has 2 saturated heterocycles. The van der Waals surface area contributed by atoms with Crippen molar-refractivity contribution in [2.75, 3.05) is 13.1 Å².